The van der Waals surface area contributed by atoms with Crippen molar-refractivity contribution in [3.05, 3.63) is 93.3 Å². The minimum Gasteiger partial charge on any atom is -0.338 e. The molecule has 0 saturated carbocycles. The number of para-hydroxylation sites is 2. The van der Waals surface area contributed by atoms with Crippen molar-refractivity contribution >= 4 is 17.7 Å². The molecule has 0 atom stereocenters. The van der Waals surface area contributed by atoms with Gasteiger partial charge in [-0.05, 0) is 38.1 Å². The molecule has 1 amide bonds. The highest BCUT2D eigenvalue weighted by Crippen LogP contribution is 2.21. The van der Waals surface area contributed by atoms with E-state index >= 15 is 0 Å². The Morgan fingerprint density at radius 3 is 2.48 bits per heavy atom. The highest BCUT2D eigenvalue weighted by atomic mass is 16.6. The molecule has 0 aliphatic heterocycles. The number of hydrogen-bond donors (Lipinski definition) is 0. The molecule has 0 N–H and O–H groups in total. The number of benzene rings is 2. The predicted octanol–water partition coefficient (Wildman–Crippen LogP) is 4.07. The van der Waals surface area contributed by atoms with Crippen molar-refractivity contribution in [2.24, 2.45) is 0 Å². The molecule has 0 bridgehead atoms. The minimum atomic E-state index is -0.460. The van der Waals surface area contributed by atoms with Crippen LogP contribution in [-0.2, 0) is 11.3 Å². The van der Waals surface area contributed by atoms with E-state index in [9.17, 15) is 14.9 Å². The predicted molar refractivity (Wildman–Crippen MR) is 112 cm³/mol. The lowest BCUT2D eigenvalue weighted by Gasteiger charge is -2.15. The van der Waals surface area contributed by atoms with Crippen LogP contribution in [0.4, 0.5) is 5.69 Å². The number of likely N-dealkylation sites (N-methyl/N-ethyl adjacent to an activating group) is 1. The van der Waals surface area contributed by atoms with Gasteiger partial charge in [0.25, 0.3) is 5.69 Å². The number of amides is 1. The molecule has 7 heteroatoms. The van der Waals surface area contributed by atoms with Gasteiger partial charge in [0, 0.05) is 37.0 Å². The van der Waals surface area contributed by atoms with Crippen molar-refractivity contribution in [1.29, 1.82) is 0 Å². The number of aryl methyl sites for hydroxylation is 1. The van der Waals surface area contributed by atoms with Gasteiger partial charge in [0.2, 0.25) is 5.91 Å². The summed E-state index contributed by atoms with van der Waals surface area (Å²) in [5, 5.41) is 15.7. The molecule has 1 aromatic heterocycles. The van der Waals surface area contributed by atoms with Crippen molar-refractivity contribution < 1.29 is 9.72 Å². The third-order valence-corrected chi connectivity index (χ3v) is 4.75. The number of rotatable bonds is 6. The Balaban J connectivity index is 1.77. The Hall–Kier alpha value is -3.74. The molecule has 148 valence electrons. The van der Waals surface area contributed by atoms with Gasteiger partial charge in [0.15, 0.2) is 0 Å². The average molecular weight is 390 g/mol. The molecule has 7 nitrogen and oxygen atoms in total. The highest BCUT2D eigenvalue weighted by Gasteiger charge is 2.16. The first kappa shape index (κ1) is 20.0. The second kappa shape index (κ2) is 8.52. The summed E-state index contributed by atoms with van der Waals surface area (Å²) in [6.45, 7) is 4.29. The molecule has 3 rings (SSSR count). The summed E-state index contributed by atoms with van der Waals surface area (Å²) in [7, 11) is 1.70. The molecule has 0 aliphatic carbocycles. The van der Waals surface area contributed by atoms with Crippen molar-refractivity contribution in [1.82, 2.24) is 14.7 Å². The molecule has 0 unspecified atom stereocenters. The molecule has 0 spiro atoms. The van der Waals surface area contributed by atoms with Crippen molar-refractivity contribution in [3.8, 4) is 5.69 Å². The maximum absolute atomic E-state index is 12.5. The number of aromatic nitrogens is 2. The zero-order chi connectivity index (χ0) is 21.0. The van der Waals surface area contributed by atoms with E-state index in [1.165, 1.54) is 18.2 Å². The zero-order valence-corrected chi connectivity index (χ0v) is 16.6. The van der Waals surface area contributed by atoms with Gasteiger partial charge in [-0.2, -0.15) is 5.10 Å². The third kappa shape index (κ3) is 4.40. The molecule has 29 heavy (non-hydrogen) atoms. The summed E-state index contributed by atoms with van der Waals surface area (Å²) in [6.07, 6.45) is 2.83. The quantitative estimate of drug-likeness (QED) is 0.361. The van der Waals surface area contributed by atoms with Crippen molar-refractivity contribution in [2.45, 2.75) is 20.4 Å². The molecule has 0 fully saturated rings. The summed E-state index contributed by atoms with van der Waals surface area (Å²) in [4.78, 5) is 24.8. The number of hydrogen-bond acceptors (Lipinski definition) is 4. The Bertz CT molecular complexity index is 1070. The lowest BCUT2D eigenvalue weighted by Crippen LogP contribution is -2.24. The Kier molecular flexibility index (Phi) is 5.87. The smallest absolute Gasteiger partial charge is 0.276 e. The Morgan fingerprint density at radius 2 is 1.79 bits per heavy atom. The summed E-state index contributed by atoms with van der Waals surface area (Å²) in [5.41, 5.74) is 4.12. The van der Waals surface area contributed by atoms with Crippen molar-refractivity contribution in [3.63, 3.8) is 0 Å². The summed E-state index contributed by atoms with van der Waals surface area (Å²) < 4.78 is 1.87. The van der Waals surface area contributed by atoms with Crippen LogP contribution < -0.4 is 0 Å². The summed E-state index contributed by atoms with van der Waals surface area (Å²) >= 11 is 0. The van der Waals surface area contributed by atoms with Gasteiger partial charge >= 0.3 is 0 Å². The van der Waals surface area contributed by atoms with Crippen LogP contribution in [0.15, 0.2) is 60.7 Å². The van der Waals surface area contributed by atoms with E-state index in [1.807, 2.05) is 48.9 Å². The van der Waals surface area contributed by atoms with E-state index in [0.717, 1.165) is 22.6 Å². The second-order valence-electron chi connectivity index (χ2n) is 6.74. The number of carbonyl (C=O) groups is 1. The molecule has 2 aromatic carbocycles. The zero-order valence-electron chi connectivity index (χ0n) is 16.6. The van der Waals surface area contributed by atoms with Gasteiger partial charge < -0.3 is 4.90 Å². The monoisotopic (exact) mass is 390 g/mol. The fourth-order valence-corrected chi connectivity index (χ4v) is 3.12. The number of nitrogens with zero attached hydrogens (tertiary/aromatic N) is 4. The van der Waals surface area contributed by atoms with Gasteiger partial charge in [-0.15, -0.1) is 0 Å². The normalized spacial score (nSPS) is 11.0. The van der Waals surface area contributed by atoms with E-state index in [0.29, 0.717) is 12.1 Å². The standard InChI is InChI=1S/C22H22N4O3/c1-16-20(17(2)25(23-16)19-10-5-4-6-11-19)15-24(3)22(27)14-13-18-9-7-8-12-21(18)26(28)29/h4-14H,15H2,1-3H3. The van der Waals surface area contributed by atoms with E-state index in [1.54, 1.807) is 30.1 Å². The average Bonchev–Trinajstić information content (AvgIpc) is 3.01. The van der Waals surface area contributed by atoms with Crippen LogP contribution in [0.5, 0.6) is 0 Å². The van der Waals surface area contributed by atoms with Gasteiger partial charge in [0.05, 0.1) is 21.9 Å². The summed E-state index contributed by atoms with van der Waals surface area (Å²) in [5.74, 6) is -0.241. The lowest BCUT2D eigenvalue weighted by molar-refractivity contribution is -0.385. The fourth-order valence-electron chi connectivity index (χ4n) is 3.12. The molecular formula is C22H22N4O3. The van der Waals surface area contributed by atoms with Crippen LogP contribution >= 0.6 is 0 Å². The Labute approximate surface area is 169 Å². The first-order valence-corrected chi connectivity index (χ1v) is 9.15. The molecule has 3 aromatic rings. The topological polar surface area (TPSA) is 81.3 Å². The SMILES string of the molecule is Cc1nn(-c2ccccc2)c(C)c1CN(C)C(=O)C=Cc1ccccc1[N+](=O)[O-]. The van der Waals surface area contributed by atoms with E-state index in [4.69, 9.17) is 0 Å². The molecule has 0 aliphatic rings. The van der Waals surface area contributed by atoms with Crippen LogP contribution in [0.25, 0.3) is 11.8 Å². The number of nitro benzene ring substituents is 1. The first-order valence-electron chi connectivity index (χ1n) is 9.15. The number of carbonyl (C=O) groups excluding carboxylic acids is 1. The van der Waals surface area contributed by atoms with Crippen molar-refractivity contribution in [2.75, 3.05) is 7.05 Å². The van der Waals surface area contributed by atoms with Crippen LogP contribution in [0, 0.1) is 24.0 Å². The van der Waals surface area contributed by atoms with Gasteiger partial charge in [-0.1, -0.05) is 30.3 Å². The highest BCUT2D eigenvalue weighted by molar-refractivity contribution is 5.92. The first-order chi connectivity index (χ1) is 13.9. The van der Waals surface area contributed by atoms with Crippen LogP contribution in [0.2, 0.25) is 0 Å². The third-order valence-electron chi connectivity index (χ3n) is 4.75. The van der Waals surface area contributed by atoms with Crippen LogP contribution in [0.1, 0.15) is 22.5 Å². The lowest BCUT2D eigenvalue weighted by atomic mass is 10.1. The van der Waals surface area contributed by atoms with E-state index < -0.39 is 4.92 Å². The number of nitro groups is 1. The van der Waals surface area contributed by atoms with Gasteiger partial charge in [0.1, 0.15) is 0 Å². The maximum Gasteiger partial charge on any atom is 0.276 e. The largest absolute Gasteiger partial charge is 0.338 e. The van der Waals surface area contributed by atoms with Crippen LogP contribution in [-0.4, -0.2) is 32.6 Å². The minimum absolute atomic E-state index is 0.0324. The van der Waals surface area contributed by atoms with Gasteiger partial charge in [-0.25, -0.2) is 4.68 Å². The van der Waals surface area contributed by atoms with Gasteiger partial charge in [-0.3, -0.25) is 14.9 Å². The molecular weight excluding hydrogens is 368 g/mol. The Morgan fingerprint density at radius 1 is 1.14 bits per heavy atom. The van der Waals surface area contributed by atoms with Crippen LogP contribution in [0.3, 0.4) is 0 Å². The molecule has 0 radical (unpaired) electrons. The summed E-state index contributed by atoms with van der Waals surface area (Å²) in [6, 6.07) is 16.1. The maximum atomic E-state index is 12.5. The van der Waals surface area contributed by atoms with E-state index in [-0.39, 0.29) is 11.6 Å². The second-order valence-corrected chi connectivity index (χ2v) is 6.74. The molecule has 0 saturated heterocycles. The molecule has 1 heterocycles. The van der Waals surface area contributed by atoms with E-state index in [2.05, 4.69) is 5.10 Å². The fraction of sp³-hybridized carbons (Fsp3) is 0.182.